The summed E-state index contributed by atoms with van der Waals surface area (Å²) in [6, 6.07) is 12.1. The van der Waals surface area contributed by atoms with E-state index in [-0.39, 0.29) is 0 Å². The molecule has 2 rings (SSSR count). The van der Waals surface area contributed by atoms with Crippen LogP contribution in [0.15, 0.2) is 41.6 Å². The van der Waals surface area contributed by atoms with E-state index in [0.717, 1.165) is 34.9 Å². The lowest BCUT2D eigenvalue weighted by Crippen LogP contribution is -2.11. The first-order valence-corrected chi connectivity index (χ1v) is 7.51. The van der Waals surface area contributed by atoms with Crippen LogP contribution < -0.4 is 4.74 Å². The molecule has 0 bridgehead atoms. The molecule has 0 aliphatic rings. The van der Waals surface area contributed by atoms with Crippen LogP contribution >= 0.6 is 0 Å². The van der Waals surface area contributed by atoms with Crippen LogP contribution in [0.4, 0.5) is 0 Å². The van der Waals surface area contributed by atoms with Gasteiger partial charge in [0.05, 0.1) is 12.3 Å². The van der Waals surface area contributed by atoms with Crippen LogP contribution in [0.25, 0.3) is 10.8 Å². The Balaban J connectivity index is 2.41. The number of hydrogen-bond donors (Lipinski definition) is 1. The molecule has 1 unspecified atom stereocenters. The van der Waals surface area contributed by atoms with E-state index in [4.69, 9.17) is 9.94 Å². The van der Waals surface area contributed by atoms with Crippen molar-refractivity contribution in [1.82, 2.24) is 0 Å². The quantitative estimate of drug-likeness (QED) is 0.468. The average Bonchev–Trinajstić information content (AvgIpc) is 2.52. The highest BCUT2D eigenvalue weighted by Gasteiger charge is 2.13. The standard InChI is InChI=1S/C18H23NO2/c1-4-7-13(2)12-21-18-16(14(3)19-20)11-10-15-8-5-6-9-17(15)18/h5-6,8-11,13,20H,4,7,12H2,1-3H3. The van der Waals surface area contributed by atoms with E-state index in [9.17, 15) is 0 Å². The van der Waals surface area contributed by atoms with Gasteiger partial charge in [-0.1, -0.05) is 55.8 Å². The van der Waals surface area contributed by atoms with Gasteiger partial charge >= 0.3 is 0 Å². The molecule has 3 heteroatoms. The van der Waals surface area contributed by atoms with Crippen LogP contribution in [0.3, 0.4) is 0 Å². The van der Waals surface area contributed by atoms with Crippen molar-refractivity contribution in [1.29, 1.82) is 0 Å². The molecule has 0 aliphatic heterocycles. The van der Waals surface area contributed by atoms with Gasteiger partial charge in [-0.15, -0.1) is 0 Å². The molecule has 3 nitrogen and oxygen atoms in total. The molecular weight excluding hydrogens is 262 g/mol. The van der Waals surface area contributed by atoms with Gasteiger partial charge in [-0.2, -0.15) is 0 Å². The summed E-state index contributed by atoms with van der Waals surface area (Å²) < 4.78 is 6.10. The lowest BCUT2D eigenvalue weighted by atomic mass is 10.0. The molecule has 1 atom stereocenters. The molecular formula is C18H23NO2. The van der Waals surface area contributed by atoms with Gasteiger partial charge in [-0.3, -0.25) is 0 Å². The zero-order valence-corrected chi connectivity index (χ0v) is 13.0. The Labute approximate surface area is 126 Å². The summed E-state index contributed by atoms with van der Waals surface area (Å²) in [6.45, 7) is 6.84. The molecule has 0 spiro atoms. The van der Waals surface area contributed by atoms with Crippen molar-refractivity contribution in [3.05, 3.63) is 42.0 Å². The Morgan fingerprint density at radius 1 is 1.24 bits per heavy atom. The fourth-order valence-electron chi connectivity index (χ4n) is 2.54. The summed E-state index contributed by atoms with van der Waals surface area (Å²) in [5, 5.41) is 14.6. The molecule has 0 heterocycles. The minimum absolute atomic E-state index is 0.508. The summed E-state index contributed by atoms with van der Waals surface area (Å²) in [4.78, 5) is 0. The highest BCUT2D eigenvalue weighted by molar-refractivity contribution is 6.06. The van der Waals surface area contributed by atoms with Crippen molar-refractivity contribution in [2.45, 2.75) is 33.6 Å². The van der Waals surface area contributed by atoms with Gasteiger partial charge in [0, 0.05) is 10.9 Å². The summed E-state index contributed by atoms with van der Waals surface area (Å²) in [5.74, 6) is 1.32. The number of rotatable bonds is 6. The molecule has 0 saturated heterocycles. The smallest absolute Gasteiger partial charge is 0.136 e. The molecule has 112 valence electrons. The zero-order chi connectivity index (χ0) is 15.2. The number of nitrogens with zero attached hydrogens (tertiary/aromatic N) is 1. The summed E-state index contributed by atoms with van der Waals surface area (Å²) >= 11 is 0. The number of oxime groups is 1. The number of fused-ring (bicyclic) bond motifs is 1. The van der Waals surface area contributed by atoms with E-state index in [0.29, 0.717) is 18.2 Å². The minimum atomic E-state index is 0.508. The van der Waals surface area contributed by atoms with Gasteiger partial charge in [-0.25, -0.2) is 0 Å². The molecule has 2 aromatic carbocycles. The summed E-state index contributed by atoms with van der Waals surface area (Å²) in [5.41, 5.74) is 1.42. The van der Waals surface area contributed by atoms with Gasteiger partial charge in [0.1, 0.15) is 5.75 Å². The molecule has 0 amide bonds. The number of ether oxygens (including phenoxy) is 1. The Bertz CT molecular complexity index is 634. The fourth-order valence-corrected chi connectivity index (χ4v) is 2.54. The molecule has 0 saturated carbocycles. The molecule has 0 aromatic heterocycles. The third-order valence-corrected chi connectivity index (χ3v) is 3.71. The van der Waals surface area contributed by atoms with E-state index < -0.39 is 0 Å². The second kappa shape index (κ2) is 7.11. The van der Waals surface area contributed by atoms with Crippen molar-refractivity contribution < 1.29 is 9.94 Å². The first-order chi connectivity index (χ1) is 10.2. The van der Waals surface area contributed by atoms with Crippen molar-refractivity contribution in [3.63, 3.8) is 0 Å². The first-order valence-electron chi connectivity index (χ1n) is 7.51. The van der Waals surface area contributed by atoms with E-state index in [1.54, 1.807) is 6.92 Å². The predicted molar refractivity (Wildman–Crippen MR) is 87.5 cm³/mol. The molecule has 1 N–H and O–H groups in total. The maximum Gasteiger partial charge on any atom is 0.136 e. The highest BCUT2D eigenvalue weighted by atomic mass is 16.5. The van der Waals surface area contributed by atoms with Gasteiger partial charge < -0.3 is 9.94 Å². The van der Waals surface area contributed by atoms with E-state index >= 15 is 0 Å². The molecule has 0 aliphatic carbocycles. The first kappa shape index (κ1) is 15.4. The van der Waals surface area contributed by atoms with Gasteiger partial charge in [-0.05, 0) is 30.7 Å². The predicted octanol–water partition coefficient (Wildman–Crippen LogP) is 4.85. The van der Waals surface area contributed by atoms with E-state index in [1.807, 2.05) is 30.3 Å². The molecule has 0 fully saturated rings. The second-order valence-electron chi connectivity index (χ2n) is 5.55. The SMILES string of the molecule is CCCC(C)COc1c(C(C)=NO)ccc2ccccc12. The Hall–Kier alpha value is -2.03. The Morgan fingerprint density at radius 2 is 2.00 bits per heavy atom. The highest BCUT2D eigenvalue weighted by Crippen LogP contribution is 2.31. The van der Waals surface area contributed by atoms with Crippen LogP contribution in [0.5, 0.6) is 5.75 Å². The second-order valence-corrected chi connectivity index (χ2v) is 5.55. The molecule has 21 heavy (non-hydrogen) atoms. The molecule has 2 aromatic rings. The number of hydrogen-bond acceptors (Lipinski definition) is 3. The normalized spacial score (nSPS) is 13.4. The largest absolute Gasteiger partial charge is 0.492 e. The van der Waals surface area contributed by atoms with Crippen molar-refractivity contribution in [2.24, 2.45) is 11.1 Å². The van der Waals surface area contributed by atoms with E-state index in [2.05, 4.69) is 25.1 Å². The maximum atomic E-state index is 9.08. The van der Waals surface area contributed by atoms with Crippen LogP contribution in [0.2, 0.25) is 0 Å². The van der Waals surface area contributed by atoms with Crippen molar-refractivity contribution in [3.8, 4) is 5.75 Å². The maximum absolute atomic E-state index is 9.08. The topological polar surface area (TPSA) is 41.8 Å². The zero-order valence-electron chi connectivity index (χ0n) is 13.0. The number of benzene rings is 2. The third-order valence-electron chi connectivity index (χ3n) is 3.71. The van der Waals surface area contributed by atoms with Crippen LogP contribution in [0.1, 0.15) is 39.2 Å². The monoisotopic (exact) mass is 285 g/mol. The third kappa shape index (κ3) is 3.54. The van der Waals surface area contributed by atoms with E-state index in [1.165, 1.54) is 0 Å². The van der Waals surface area contributed by atoms with Crippen LogP contribution in [-0.2, 0) is 0 Å². The Morgan fingerprint density at radius 3 is 2.71 bits per heavy atom. The van der Waals surface area contributed by atoms with Gasteiger partial charge in [0.2, 0.25) is 0 Å². The van der Waals surface area contributed by atoms with Gasteiger partial charge in [0.15, 0.2) is 0 Å². The lowest BCUT2D eigenvalue weighted by molar-refractivity contribution is 0.253. The van der Waals surface area contributed by atoms with Crippen molar-refractivity contribution in [2.75, 3.05) is 6.61 Å². The van der Waals surface area contributed by atoms with Crippen molar-refractivity contribution >= 4 is 16.5 Å². The van der Waals surface area contributed by atoms with Crippen LogP contribution in [0, 0.1) is 5.92 Å². The lowest BCUT2D eigenvalue weighted by Gasteiger charge is -2.17. The average molecular weight is 285 g/mol. The minimum Gasteiger partial charge on any atom is -0.492 e. The Kier molecular flexibility index (Phi) is 5.20. The fraction of sp³-hybridized carbons (Fsp3) is 0.389. The summed E-state index contributed by atoms with van der Waals surface area (Å²) in [7, 11) is 0. The van der Waals surface area contributed by atoms with Crippen LogP contribution in [-0.4, -0.2) is 17.5 Å². The summed E-state index contributed by atoms with van der Waals surface area (Å²) in [6.07, 6.45) is 2.30. The molecule has 0 radical (unpaired) electrons. The van der Waals surface area contributed by atoms with Gasteiger partial charge in [0.25, 0.3) is 0 Å².